The van der Waals surface area contributed by atoms with Gasteiger partial charge in [-0.05, 0) is 60.5 Å². The first-order valence-electron chi connectivity index (χ1n) is 12.6. The van der Waals surface area contributed by atoms with Crippen LogP contribution in [0.3, 0.4) is 0 Å². The fourth-order valence-electron chi connectivity index (χ4n) is 4.28. The second kappa shape index (κ2) is 12.9. The van der Waals surface area contributed by atoms with E-state index in [-0.39, 0.29) is 22.9 Å². The third-order valence-electron chi connectivity index (χ3n) is 6.32. The number of hydrogen-bond acceptors (Lipinski definition) is 5. The van der Waals surface area contributed by atoms with E-state index in [4.69, 9.17) is 34.8 Å². The fraction of sp³-hybridized carbons (Fsp3) is 0.133. The number of benzene rings is 4. The number of anilines is 1. The number of para-hydroxylation sites is 1. The molecule has 0 unspecified atom stereocenters. The summed E-state index contributed by atoms with van der Waals surface area (Å²) in [4.78, 5) is 19.9. The summed E-state index contributed by atoms with van der Waals surface area (Å²) < 4.78 is 29.5. The van der Waals surface area contributed by atoms with Gasteiger partial charge in [-0.15, -0.1) is 0 Å². The highest BCUT2D eigenvalue weighted by molar-refractivity contribution is 8.13. The number of sulfonamides is 1. The molecule has 0 spiro atoms. The fourth-order valence-corrected chi connectivity index (χ4v) is 7.34. The zero-order chi connectivity index (χ0) is 29.0. The van der Waals surface area contributed by atoms with Crippen LogP contribution in [-0.4, -0.2) is 36.7 Å². The van der Waals surface area contributed by atoms with E-state index in [0.29, 0.717) is 38.2 Å². The molecule has 6 nitrogen and oxygen atoms in total. The van der Waals surface area contributed by atoms with Crippen molar-refractivity contribution in [3.63, 3.8) is 0 Å². The molecule has 4 aromatic rings. The predicted octanol–water partition coefficient (Wildman–Crippen LogP) is 8.31. The van der Waals surface area contributed by atoms with Crippen molar-refractivity contribution >= 4 is 79.0 Å². The lowest BCUT2D eigenvalue weighted by Crippen LogP contribution is -2.39. The van der Waals surface area contributed by atoms with Gasteiger partial charge in [0.15, 0.2) is 5.17 Å². The third-order valence-corrected chi connectivity index (χ3v) is 10.2. The molecule has 1 aliphatic rings. The Bertz CT molecular complexity index is 1720. The molecule has 1 fully saturated rings. The summed E-state index contributed by atoms with van der Waals surface area (Å²) in [5, 5.41) is 1.59. The lowest BCUT2D eigenvalue weighted by molar-refractivity contribution is 0.0849. The van der Waals surface area contributed by atoms with Gasteiger partial charge in [0.1, 0.15) is 0 Å². The van der Waals surface area contributed by atoms with Gasteiger partial charge in [-0.25, -0.2) is 13.4 Å². The molecule has 1 saturated heterocycles. The summed E-state index contributed by atoms with van der Waals surface area (Å²) in [5.74, 6) is 0.449. The molecular formula is C30H24Cl3N3O3S2. The third kappa shape index (κ3) is 6.74. The molecular weight excluding hydrogens is 621 g/mol. The second-order valence-electron chi connectivity index (χ2n) is 9.13. The summed E-state index contributed by atoms with van der Waals surface area (Å²) in [6.07, 6.45) is 0.770. The molecule has 0 saturated carbocycles. The number of hydrogen-bond donors (Lipinski definition) is 0. The average molecular weight is 645 g/mol. The van der Waals surface area contributed by atoms with E-state index in [1.165, 1.54) is 28.2 Å². The predicted molar refractivity (Wildman–Crippen MR) is 169 cm³/mol. The van der Waals surface area contributed by atoms with Crippen molar-refractivity contribution in [3.05, 3.63) is 123 Å². The first-order chi connectivity index (χ1) is 19.7. The average Bonchev–Trinajstić information content (AvgIpc) is 2.99. The Morgan fingerprint density at radius 1 is 0.854 bits per heavy atom. The van der Waals surface area contributed by atoms with Crippen molar-refractivity contribution in [1.82, 2.24) is 4.90 Å². The van der Waals surface area contributed by atoms with E-state index in [1.54, 1.807) is 59.5 Å². The molecule has 1 aliphatic heterocycles. The first kappa shape index (κ1) is 29.5. The molecule has 0 aromatic heterocycles. The van der Waals surface area contributed by atoms with Crippen molar-refractivity contribution < 1.29 is 13.2 Å². The van der Waals surface area contributed by atoms with Crippen LogP contribution in [0.2, 0.25) is 15.1 Å². The van der Waals surface area contributed by atoms with Crippen LogP contribution in [0, 0.1) is 0 Å². The van der Waals surface area contributed by atoms with Gasteiger partial charge in [0.2, 0.25) is 0 Å². The summed E-state index contributed by atoms with van der Waals surface area (Å²) in [6, 6.07) is 27.1. The van der Waals surface area contributed by atoms with E-state index in [0.717, 1.165) is 17.7 Å². The molecule has 0 N–H and O–H groups in total. The topological polar surface area (TPSA) is 70.1 Å². The zero-order valence-electron chi connectivity index (χ0n) is 21.6. The monoisotopic (exact) mass is 643 g/mol. The van der Waals surface area contributed by atoms with E-state index in [2.05, 4.69) is 4.99 Å². The molecule has 0 bridgehead atoms. The molecule has 1 amide bonds. The quantitative estimate of drug-likeness (QED) is 0.203. The number of halogens is 3. The highest BCUT2D eigenvalue weighted by Gasteiger charge is 2.30. The highest BCUT2D eigenvalue weighted by atomic mass is 35.5. The van der Waals surface area contributed by atoms with Crippen molar-refractivity contribution in [2.45, 2.75) is 17.9 Å². The maximum absolute atomic E-state index is 14.1. The number of aliphatic imine (C=N–C) groups is 1. The Balaban J connectivity index is 1.49. The molecule has 0 aliphatic carbocycles. The van der Waals surface area contributed by atoms with E-state index in [1.807, 2.05) is 30.3 Å². The maximum atomic E-state index is 14.1. The number of rotatable bonds is 7. The van der Waals surface area contributed by atoms with Crippen LogP contribution in [0.25, 0.3) is 0 Å². The van der Waals surface area contributed by atoms with Crippen molar-refractivity contribution in [2.75, 3.05) is 16.6 Å². The molecule has 4 aromatic carbocycles. The Kier molecular flexibility index (Phi) is 9.26. The van der Waals surface area contributed by atoms with Gasteiger partial charge >= 0.3 is 0 Å². The maximum Gasteiger partial charge on any atom is 0.264 e. The van der Waals surface area contributed by atoms with Gasteiger partial charge in [-0.2, -0.15) is 0 Å². The minimum Gasteiger partial charge on any atom is -0.287 e. The van der Waals surface area contributed by atoms with E-state index < -0.39 is 10.0 Å². The molecule has 210 valence electrons. The zero-order valence-corrected chi connectivity index (χ0v) is 25.5. The van der Waals surface area contributed by atoms with Crippen molar-refractivity contribution in [1.29, 1.82) is 0 Å². The highest BCUT2D eigenvalue weighted by Crippen LogP contribution is 2.33. The summed E-state index contributed by atoms with van der Waals surface area (Å²) in [7, 11) is -4.12. The Hall–Kier alpha value is -3.01. The minimum atomic E-state index is -4.12. The lowest BCUT2D eigenvalue weighted by Gasteiger charge is -2.28. The van der Waals surface area contributed by atoms with Gasteiger partial charge in [0, 0.05) is 17.9 Å². The normalized spacial score (nSPS) is 14.7. The summed E-state index contributed by atoms with van der Waals surface area (Å²) in [5.41, 5.74) is 1.93. The molecule has 11 heteroatoms. The van der Waals surface area contributed by atoms with Crippen LogP contribution < -0.4 is 4.31 Å². The number of carbonyl (C=O) groups is 1. The molecule has 5 rings (SSSR count). The van der Waals surface area contributed by atoms with Crippen LogP contribution in [-0.2, 0) is 16.6 Å². The van der Waals surface area contributed by atoms with Gasteiger partial charge in [0.25, 0.3) is 15.9 Å². The molecule has 0 radical (unpaired) electrons. The van der Waals surface area contributed by atoms with Crippen LogP contribution in [0.1, 0.15) is 22.3 Å². The van der Waals surface area contributed by atoms with Crippen molar-refractivity contribution in [3.8, 4) is 0 Å². The van der Waals surface area contributed by atoms with Gasteiger partial charge in [-0.1, -0.05) is 95.1 Å². The van der Waals surface area contributed by atoms with Gasteiger partial charge in [-0.3, -0.25) is 14.0 Å². The standard InChI is InChI=1S/C30H24Cl3N3O3S2/c31-25-15-14-23(19-27(25)33)34-30-35(16-7-17-40-30)29(37)22-10-6-11-24(18-22)41(38,39)36(20-21-8-2-1-3-9-21)28-13-5-4-12-26(28)32/h1-6,8-15,18-19H,7,16-17,20H2. The Labute approximate surface area is 258 Å². The van der Waals surface area contributed by atoms with Gasteiger partial charge < -0.3 is 0 Å². The number of amides is 1. The van der Waals surface area contributed by atoms with Crippen molar-refractivity contribution in [2.24, 2.45) is 4.99 Å². The number of nitrogens with zero attached hydrogens (tertiary/aromatic N) is 3. The minimum absolute atomic E-state index is 0.0214. The number of carbonyl (C=O) groups excluding carboxylic acids is 1. The smallest absolute Gasteiger partial charge is 0.264 e. The van der Waals surface area contributed by atoms with Gasteiger partial charge in [0.05, 0.1) is 37.9 Å². The summed E-state index contributed by atoms with van der Waals surface area (Å²) in [6.45, 7) is 0.511. The molecule has 1 heterocycles. The number of thioether (sulfide) groups is 1. The molecule has 41 heavy (non-hydrogen) atoms. The van der Waals surface area contributed by atoms with E-state index in [9.17, 15) is 13.2 Å². The first-order valence-corrected chi connectivity index (χ1v) is 16.2. The van der Waals surface area contributed by atoms with Crippen LogP contribution in [0.15, 0.2) is 107 Å². The Morgan fingerprint density at radius 3 is 2.37 bits per heavy atom. The van der Waals surface area contributed by atoms with Crippen LogP contribution >= 0.6 is 46.6 Å². The number of amidine groups is 1. The second-order valence-corrected chi connectivity index (χ2v) is 13.3. The van der Waals surface area contributed by atoms with Crippen LogP contribution in [0.5, 0.6) is 0 Å². The lowest BCUT2D eigenvalue weighted by atomic mass is 10.2. The SMILES string of the molecule is O=C(c1cccc(S(=O)(=O)N(Cc2ccccc2)c2ccccc2Cl)c1)N1CCCSC1=Nc1ccc(Cl)c(Cl)c1. The Morgan fingerprint density at radius 2 is 1.61 bits per heavy atom. The largest absolute Gasteiger partial charge is 0.287 e. The van der Waals surface area contributed by atoms with Crippen LogP contribution in [0.4, 0.5) is 11.4 Å². The van der Waals surface area contributed by atoms with E-state index >= 15 is 0 Å². The summed E-state index contributed by atoms with van der Waals surface area (Å²) >= 11 is 20.1. The molecule has 0 atom stereocenters.